The highest BCUT2D eigenvalue weighted by Gasteiger charge is 2.20. The Morgan fingerprint density at radius 1 is 1.03 bits per heavy atom. The smallest absolute Gasteiger partial charge is 0.243 e. The molecule has 8 heteroatoms. The molecule has 2 amide bonds. The molecule has 7 nitrogen and oxygen atoms in total. The first-order valence-corrected chi connectivity index (χ1v) is 11.4. The molecule has 1 saturated carbocycles. The fourth-order valence-corrected chi connectivity index (χ4v) is 4.57. The summed E-state index contributed by atoms with van der Waals surface area (Å²) in [5.41, 5.74) is 0.786. The number of anilines is 1. The van der Waals surface area contributed by atoms with Crippen LogP contribution in [0.5, 0.6) is 0 Å². The van der Waals surface area contributed by atoms with Gasteiger partial charge in [0.15, 0.2) is 5.82 Å². The van der Waals surface area contributed by atoms with E-state index < -0.39 is 5.82 Å². The largest absolute Gasteiger partial charge is 0.347 e. The third-order valence-corrected chi connectivity index (χ3v) is 6.25. The van der Waals surface area contributed by atoms with Crippen molar-refractivity contribution in [2.24, 2.45) is 5.92 Å². The van der Waals surface area contributed by atoms with E-state index in [1.807, 2.05) is 4.57 Å². The lowest BCUT2D eigenvalue weighted by Gasteiger charge is -2.20. The van der Waals surface area contributed by atoms with E-state index in [-0.39, 0.29) is 18.4 Å². The van der Waals surface area contributed by atoms with Crippen LogP contribution in [0.4, 0.5) is 10.1 Å². The molecule has 0 saturated heterocycles. The van der Waals surface area contributed by atoms with Gasteiger partial charge in [-0.1, -0.05) is 25.7 Å². The van der Waals surface area contributed by atoms with Gasteiger partial charge in [-0.15, -0.1) is 10.2 Å². The highest BCUT2D eigenvalue weighted by molar-refractivity contribution is 5.95. The van der Waals surface area contributed by atoms with Crippen molar-refractivity contribution in [3.05, 3.63) is 29.8 Å². The zero-order valence-electron chi connectivity index (χ0n) is 17.8. The van der Waals surface area contributed by atoms with Crippen molar-refractivity contribution >= 4 is 17.5 Å². The number of nitrogens with zero attached hydrogens (tertiary/aromatic N) is 3. The fourth-order valence-electron chi connectivity index (χ4n) is 4.57. The number of aryl methyl sites for hydroxylation is 1. The average molecular weight is 428 g/mol. The number of hydrogen-bond acceptors (Lipinski definition) is 4. The summed E-state index contributed by atoms with van der Waals surface area (Å²) < 4.78 is 16.5. The van der Waals surface area contributed by atoms with Gasteiger partial charge >= 0.3 is 0 Å². The molecule has 2 aromatic rings. The van der Waals surface area contributed by atoms with Crippen molar-refractivity contribution in [2.75, 3.05) is 11.9 Å². The molecule has 1 aromatic carbocycles. The molecule has 2 N–H and O–H groups in total. The van der Waals surface area contributed by atoms with Crippen LogP contribution in [0.1, 0.15) is 63.6 Å². The Bertz CT molecular complexity index is 936. The normalized spacial score (nSPS) is 16.9. The second kappa shape index (κ2) is 10.0. The average Bonchev–Trinajstić information content (AvgIpc) is 3.02. The Labute approximate surface area is 181 Å². The van der Waals surface area contributed by atoms with Crippen LogP contribution in [0.2, 0.25) is 0 Å². The maximum Gasteiger partial charge on any atom is 0.243 e. The van der Waals surface area contributed by atoms with Crippen molar-refractivity contribution < 1.29 is 14.0 Å². The van der Waals surface area contributed by atoms with Gasteiger partial charge in [0.05, 0.1) is 12.1 Å². The number of halogens is 1. The molecule has 1 aliphatic carbocycles. The first kappa shape index (κ1) is 21.5. The standard InChI is InChI=1S/C23H30FN5O2/c24-19-11-10-17(14-18(19)23-28-27-20-9-5-2-6-12-29(20)23)26-22(31)15-25-21(30)13-16-7-3-1-4-8-16/h10-11,14,16H,1-9,12-13,15H2,(H,25,30)(H,26,31). The van der Waals surface area contributed by atoms with E-state index in [1.165, 1.54) is 31.4 Å². The third kappa shape index (κ3) is 5.48. The summed E-state index contributed by atoms with van der Waals surface area (Å²) >= 11 is 0. The maximum atomic E-state index is 14.6. The minimum absolute atomic E-state index is 0.0898. The fraction of sp³-hybridized carbons (Fsp3) is 0.565. The molecule has 31 heavy (non-hydrogen) atoms. The highest BCUT2D eigenvalue weighted by Crippen LogP contribution is 2.28. The summed E-state index contributed by atoms with van der Waals surface area (Å²) in [6.45, 7) is 0.666. The minimum atomic E-state index is -0.404. The molecule has 166 valence electrons. The number of amides is 2. The van der Waals surface area contributed by atoms with E-state index in [1.54, 1.807) is 6.07 Å². The quantitative estimate of drug-likeness (QED) is 0.733. The molecular weight excluding hydrogens is 397 g/mol. The number of carbonyl (C=O) groups is 2. The first-order valence-electron chi connectivity index (χ1n) is 11.4. The number of rotatable bonds is 6. The molecule has 1 aromatic heterocycles. The van der Waals surface area contributed by atoms with Crippen molar-refractivity contribution in [1.29, 1.82) is 0 Å². The SMILES string of the molecule is O=C(CC1CCCCC1)NCC(=O)Nc1ccc(F)c(-c2nnc3n2CCCCC3)c1. The van der Waals surface area contributed by atoms with Gasteiger partial charge in [0.2, 0.25) is 11.8 Å². The lowest BCUT2D eigenvalue weighted by Crippen LogP contribution is -2.34. The van der Waals surface area contributed by atoms with Crippen LogP contribution in [0, 0.1) is 11.7 Å². The van der Waals surface area contributed by atoms with Crippen LogP contribution in [0.25, 0.3) is 11.4 Å². The van der Waals surface area contributed by atoms with Crippen LogP contribution in [-0.2, 0) is 22.6 Å². The van der Waals surface area contributed by atoms with Gasteiger partial charge in [0, 0.05) is 25.1 Å². The molecule has 2 heterocycles. The van der Waals surface area contributed by atoms with E-state index in [2.05, 4.69) is 20.8 Å². The van der Waals surface area contributed by atoms with Crippen LogP contribution < -0.4 is 10.6 Å². The van der Waals surface area contributed by atoms with Crippen molar-refractivity contribution in [3.63, 3.8) is 0 Å². The van der Waals surface area contributed by atoms with Crippen molar-refractivity contribution in [2.45, 2.75) is 70.8 Å². The molecule has 0 radical (unpaired) electrons. The molecule has 1 aliphatic heterocycles. The summed E-state index contributed by atoms with van der Waals surface area (Å²) in [6, 6.07) is 4.42. The van der Waals surface area contributed by atoms with Gasteiger partial charge in [-0.2, -0.15) is 0 Å². The van der Waals surface area contributed by atoms with Gasteiger partial charge < -0.3 is 15.2 Å². The Balaban J connectivity index is 1.37. The van der Waals surface area contributed by atoms with Crippen LogP contribution in [0.3, 0.4) is 0 Å². The summed E-state index contributed by atoms with van der Waals surface area (Å²) in [4.78, 5) is 24.4. The van der Waals surface area contributed by atoms with Gasteiger partial charge in [0.25, 0.3) is 0 Å². The molecule has 0 spiro atoms. The first-order chi connectivity index (χ1) is 15.1. The van der Waals surface area contributed by atoms with E-state index in [0.29, 0.717) is 29.4 Å². The second-order valence-electron chi connectivity index (χ2n) is 8.63. The highest BCUT2D eigenvalue weighted by atomic mass is 19.1. The van der Waals surface area contributed by atoms with E-state index in [9.17, 15) is 14.0 Å². The molecule has 1 fully saturated rings. The van der Waals surface area contributed by atoms with Crippen molar-refractivity contribution in [3.8, 4) is 11.4 Å². The predicted molar refractivity (Wildman–Crippen MR) is 116 cm³/mol. The number of aromatic nitrogens is 3. The van der Waals surface area contributed by atoms with E-state index in [4.69, 9.17) is 0 Å². The summed E-state index contributed by atoms with van der Waals surface area (Å²) in [5, 5.41) is 13.9. The molecular formula is C23H30FN5O2. The van der Waals surface area contributed by atoms with Crippen LogP contribution in [0.15, 0.2) is 18.2 Å². The molecule has 2 aliphatic rings. The number of benzene rings is 1. The number of fused-ring (bicyclic) bond motifs is 1. The van der Waals surface area contributed by atoms with Gasteiger partial charge in [-0.25, -0.2) is 4.39 Å². The Hall–Kier alpha value is -2.77. The zero-order valence-corrected chi connectivity index (χ0v) is 17.8. The van der Waals surface area contributed by atoms with Crippen molar-refractivity contribution in [1.82, 2.24) is 20.1 Å². The summed E-state index contributed by atoms with van der Waals surface area (Å²) in [7, 11) is 0. The monoisotopic (exact) mass is 427 g/mol. The summed E-state index contributed by atoms with van der Waals surface area (Å²) in [6.07, 6.45) is 10.3. The summed E-state index contributed by atoms with van der Waals surface area (Å²) in [5.74, 6) is 0.962. The van der Waals surface area contributed by atoms with Gasteiger partial charge in [-0.3, -0.25) is 9.59 Å². The predicted octanol–water partition coefficient (Wildman–Crippen LogP) is 3.84. The maximum absolute atomic E-state index is 14.6. The molecule has 0 atom stereocenters. The number of hydrogen-bond donors (Lipinski definition) is 2. The Morgan fingerprint density at radius 2 is 1.84 bits per heavy atom. The third-order valence-electron chi connectivity index (χ3n) is 6.25. The van der Waals surface area contributed by atoms with Crippen LogP contribution >= 0.6 is 0 Å². The Morgan fingerprint density at radius 3 is 2.68 bits per heavy atom. The van der Waals surface area contributed by atoms with E-state index in [0.717, 1.165) is 50.9 Å². The van der Waals surface area contributed by atoms with Gasteiger partial charge in [0.1, 0.15) is 11.6 Å². The zero-order chi connectivity index (χ0) is 21.6. The molecule has 4 rings (SSSR count). The minimum Gasteiger partial charge on any atom is -0.347 e. The number of carbonyl (C=O) groups excluding carboxylic acids is 2. The second-order valence-corrected chi connectivity index (χ2v) is 8.63. The van der Waals surface area contributed by atoms with Crippen LogP contribution in [-0.4, -0.2) is 33.1 Å². The lowest BCUT2D eigenvalue weighted by molar-refractivity contribution is -0.125. The Kier molecular flexibility index (Phi) is 6.94. The van der Waals surface area contributed by atoms with Gasteiger partial charge in [-0.05, 0) is 49.8 Å². The topological polar surface area (TPSA) is 88.9 Å². The molecule has 0 unspecified atom stereocenters. The van der Waals surface area contributed by atoms with E-state index >= 15 is 0 Å². The number of nitrogens with one attached hydrogen (secondary N) is 2. The molecule has 0 bridgehead atoms. The lowest BCUT2D eigenvalue weighted by atomic mass is 9.87.